The summed E-state index contributed by atoms with van der Waals surface area (Å²) >= 11 is 0. The molecule has 0 bridgehead atoms. The number of hydrogen-bond donors (Lipinski definition) is 2. The number of nitrogens with zero attached hydrogens (tertiary/aromatic N) is 2. The van der Waals surface area contributed by atoms with Crippen LogP contribution in [0.2, 0.25) is 0 Å². The van der Waals surface area contributed by atoms with E-state index in [0.29, 0.717) is 12.5 Å². The number of ether oxygens (including phenoxy) is 1. The molecule has 24 heavy (non-hydrogen) atoms. The number of benzene rings is 1. The maximum Gasteiger partial charge on any atom is 0.193 e. The number of nitrogens with one attached hydrogen (secondary N) is 1. The summed E-state index contributed by atoms with van der Waals surface area (Å²) < 4.78 is 5.44. The Morgan fingerprint density at radius 3 is 2.92 bits per heavy atom. The topological polar surface area (TPSA) is 57.1 Å². The van der Waals surface area contributed by atoms with Crippen LogP contribution in [0.4, 0.5) is 0 Å². The van der Waals surface area contributed by atoms with Crippen molar-refractivity contribution in [2.45, 2.75) is 26.4 Å². The molecule has 5 nitrogen and oxygen atoms in total. The Morgan fingerprint density at radius 2 is 2.29 bits per heavy atom. The van der Waals surface area contributed by atoms with Gasteiger partial charge in [0, 0.05) is 32.7 Å². The minimum Gasteiger partial charge on any atom is -0.386 e. The molecule has 2 N–H and O–H groups in total. The largest absolute Gasteiger partial charge is 0.386 e. The molecule has 0 aromatic heterocycles. The van der Waals surface area contributed by atoms with Gasteiger partial charge in [0.25, 0.3) is 0 Å². The van der Waals surface area contributed by atoms with Crippen LogP contribution in [0.5, 0.6) is 0 Å². The number of aryl methyl sites for hydroxylation is 1. The van der Waals surface area contributed by atoms with Crippen molar-refractivity contribution in [1.82, 2.24) is 10.2 Å². The second-order valence-electron chi connectivity index (χ2n) is 6.23. The van der Waals surface area contributed by atoms with E-state index in [9.17, 15) is 5.11 Å². The maximum absolute atomic E-state index is 10.4. The lowest BCUT2D eigenvalue weighted by Crippen LogP contribution is -2.41. The Hall–Kier alpha value is -0.860. The molecule has 1 aliphatic heterocycles. The smallest absolute Gasteiger partial charge is 0.193 e. The molecule has 6 heteroatoms. The fourth-order valence-corrected chi connectivity index (χ4v) is 2.83. The Balaban J connectivity index is 0.00000288. The highest BCUT2D eigenvalue weighted by atomic mass is 127. The van der Waals surface area contributed by atoms with Gasteiger partial charge in [-0.25, -0.2) is 0 Å². The first-order valence-electron chi connectivity index (χ1n) is 8.42. The third kappa shape index (κ3) is 6.57. The van der Waals surface area contributed by atoms with E-state index in [2.05, 4.69) is 22.1 Å². The molecular formula is C18H30IN3O2. The average molecular weight is 447 g/mol. The summed E-state index contributed by atoms with van der Waals surface area (Å²) in [5.41, 5.74) is 2.06. The second kappa shape index (κ2) is 10.9. The molecule has 0 amide bonds. The summed E-state index contributed by atoms with van der Waals surface area (Å²) in [4.78, 5) is 6.73. The van der Waals surface area contributed by atoms with Crippen LogP contribution in [0.15, 0.2) is 29.3 Å². The Bertz CT molecular complexity index is 519. The Morgan fingerprint density at radius 1 is 1.50 bits per heavy atom. The van der Waals surface area contributed by atoms with Crippen molar-refractivity contribution >= 4 is 29.9 Å². The van der Waals surface area contributed by atoms with Crippen molar-refractivity contribution in [2.24, 2.45) is 10.9 Å². The summed E-state index contributed by atoms with van der Waals surface area (Å²) in [7, 11) is 2.04. The third-order valence-corrected chi connectivity index (χ3v) is 4.09. The third-order valence-electron chi connectivity index (χ3n) is 4.09. The van der Waals surface area contributed by atoms with Crippen LogP contribution in [0.25, 0.3) is 0 Å². The number of hydrogen-bond acceptors (Lipinski definition) is 3. The highest BCUT2D eigenvalue weighted by Gasteiger charge is 2.19. The van der Waals surface area contributed by atoms with Crippen LogP contribution in [-0.4, -0.2) is 55.9 Å². The molecule has 1 saturated heterocycles. The summed E-state index contributed by atoms with van der Waals surface area (Å²) in [6.45, 7) is 7.86. The predicted molar refractivity (Wildman–Crippen MR) is 109 cm³/mol. The molecule has 2 atom stereocenters. The van der Waals surface area contributed by atoms with Gasteiger partial charge in [-0.1, -0.05) is 29.8 Å². The van der Waals surface area contributed by atoms with Gasteiger partial charge in [0.05, 0.1) is 19.3 Å². The quantitative estimate of drug-likeness (QED) is 0.400. The Labute approximate surface area is 162 Å². The normalized spacial score (nSPS) is 18.8. The van der Waals surface area contributed by atoms with Gasteiger partial charge in [0.15, 0.2) is 5.96 Å². The predicted octanol–water partition coefficient (Wildman–Crippen LogP) is 2.58. The van der Waals surface area contributed by atoms with Crippen molar-refractivity contribution in [3.05, 3.63) is 35.4 Å². The van der Waals surface area contributed by atoms with Crippen LogP contribution in [0.1, 0.15) is 30.6 Å². The molecule has 1 aromatic rings. The monoisotopic (exact) mass is 447 g/mol. The number of aliphatic hydroxyl groups excluding tert-OH is 1. The molecule has 1 heterocycles. The van der Waals surface area contributed by atoms with Crippen LogP contribution in [0, 0.1) is 12.8 Å². The molecule has 1 aliphatic rings. The standard InChI is InChI=1S/C18H29N3O2.HI/c1-4-19-18(21(3)12-15-8-9-23-13-15)20-11-17(22)16-7-5-6-14(2)10-16;/h5-7,10,15,17,22H,4,8-9,11-13H2,1-3H3,(H,19,20);1H. The number of halogens is 1. The highest BCUT2D eigenvalue weighted by Crippen LogP contribution is 2.16. The van der Waals surface area contributed by atoms with Crippen molar-refractivity contribution in [2.75, 3.05) is 39.9 Å². The van der Waals surface area contributed by atoms with Gasteiger partial charge in [-0.05, 0) is 25.8 Å². The molecule has 136 valence electrons. The zero-order valence-corrected chi connectivity index (χ0v) is 17.2. The van der Waals surface area contributed by atoms with Gasteiger partial charge in [-0.2, -0.15) is 0 Å². The number of rotatable bonds is 6. The van der Waals surface area contributed by atoms with Crippen LogP contribution in [-0.2, 0) is 4.74 Å². The molecule has 1 aromatic carbocycles. The minimum atomic E-state index is -0.577. The minimum absolute atomic E-state index is 0. The van der Waals surface area contributed by atoms with E-state index in [1.807, 2.05) is 38.2 Å². The lowest BCUT2D eigenvalue weighted by molar-refractivity contribution is 0.180. The second-order valence-corrected chi connectivity index (χ2v) is 6.23. The number of aliphatic hydroxyl groups is 1. The first kappa shape index (κ1) is 21.2. The summed E-state index contributed by atoms with van der Waals surface area (Å²) in [6.07, 6.45) is 0.530. The molecule has 2 rings (SSSR count). The lowest BCUT2D eigenvalue weighted by atomic mass is 10.1. The zero-order chi connectivity index (χ0) is 16.7. The first-order valence-corrected chi connectivity index (χ1v) is 8.42. The summed E-state index contributed by atoms with van der Waals surface area (Å²) in [6, 6.07) is 7.95. The molecular weight excluding hydrogens is 417 g/mol. The molecule has 2 unspecified atom stereocenters. The van der Waals surface area contributed by atoms with Crippen molar-refractivity contribution in [3.63, 3.8) is 0 Å². The van der Waals surface area contributed by atoms with E-state index in [4.69, 9.17) is 4.74 Å². The van der Waals surface area contributed by atoms with Crippen molar-refractivity contribution in [1.29, 1.82) is 0 Å². The van der Waals surface area contributed by atoms with Crippen LogP contribution >= 0.6 is 24.0 Å². The molecule has 0 radical (unpaired) electrons. The molecule has 0 spiro atoms. The van der Waals surface area contributed by atoms with Crippen LogP contribution in [0.3, 0.4) is 0 Å². The zero-order valence-electron chi connectivity index (χ0n) is 14.9. The van der Waals surface area contributed by atoms with E-state index in [-0.39, 0.29) is 24.0 Å². The van der Waals surface area contributed by atoms with Gasteiger partial charge in [-0.15, -0.1) is 24.0 Å². The van der Waals surface area contributed by atoms with E-state index in [1.165, 1.54) is 0 Å². The highest BCUT2D eigenvalue weighted by molar-refractivity contribution is 14.0. The van der Waals surface area contributed by atoms with E-state index in [1.54, 1.807) is 0 Å². The van der Waals surface area contributed by atoms with E-state index >= 15 is 0 Å². The molecule has 1 fully saturated rings. The van der Waals surface area contributed by atoms with Gasteiger partial charge in [0.2, 0.25) is 0 Å². The number of guanidine groups is 1. The van der Waals surface area contributed by atoms with Crippen LogP contribution < -0.4 is 5.32 Å². The lowest BCUT2D eigenvalue weighted by Gasteiger charge is -2.25. The molecule has 0 saturated carbocycles. The Kier molecular flexibility index (Phi) is 9.61. The first-order chi connectivity index (χ1) is 11.1. The van der Waals surface area contributed by atoms with Gasteiger partial charge in [-0.3, -0.25) is 4.99 Å². The van der Waals surface area contributed by atoms with Gasteiger partial charge >= 0.3 is 0 Å². The van der Waals surface area contributed by atoms with Gasteiger partial charge in [0.1, 0.15) is 0 Å². The number of aliphatic imine (C=N–C) groups is 1. The fourth-order valence-electron chi connectivity index (χ4n) is 2.83. The summed E-state index contributed by atoms with van der Waals surface area (Å²) in [5.74, 6) is 1.40. The summed E-state index contributed by atoms with van der Waals surface area (Å²) in [5, 5.41) is 13.7. The van der Waals surface area contributed by atoms with E-state index in [0.717, 1.165) is 49.8 Å². The van der Waals surface area contributed by atoms with Crippen molar-refractivity contribution < 1.29 is 9.84 Å². The maximum atomic E-state index is 10.4. The molecule has 0 aliphatic carbocycles. The van der Waals surface area contributed by atoms with Crippen molar-refractivity contribution in [3.8, 4) is 0 Å². The van der Waals surface area contributed by atoms with Gasteiger partial charge < -0.3 is 20.1 Å². The average Bonchev–Trinajstić information content (AvgIpc) is 3.04. The SMILES string of the molecule is CCNC(=NCC(O)c1cccc(C)c1)N(C)CC1CCOC1.I. The fraction of sp³-hybridized carbons (Fsp3) is 0.611. The van der Waals surface area contributed by atoms with E-state index < -0.39 is 6.10 Å².